The molecule has 0 saturated carbocycles. The molecule has 5 nitrogen and oxygen atoms in total. The van der Waals surface area contributed by atoms with Gasteiger partial charge in [-0.15, -0.1) is 0 Å². The first-order valence-electron chi connectivity index (χ1n) is 10.1. The minimum atomic E-state index is -0.655. The standard InChI is InChI=1S/C26H25ClO5/c1-26(2,3)32-25(29)19(15-17-9-11-18(12-10-17)24(28)30-4)16-31-23-14-13-22(27)20-7-5-6-8-21(20)23/h5-15H,16H2,1-4H3/b19-15+. The fourth-order valence-electron chi connectivity index (χ4n) is 3.05. The Balaban J connectivity index is 1.90. The number of hydrogen-bond donors (Lipinski definition) is 0. The molecule has 0 spiro atoms. The van der Waals surface area contributed by atoms with Gasteiger partial charge in [-0.2, -0.15) is 0 Å². The van der Waals surface area contributed by atoms with Crippen molar-refractivity contribution in [2.45, 2.75) is 26.4 Å². The molecule has 0 saturated heterocycles. The fraction of sp³-hybridized carbons (Fsp3) is 0.231. The van der Waals surface area contributed by atoms with Crippen molar-refractivity contribution in [3.63, 3.8) is 0 Å². The predicted octanol–water partition coefficient (Wildman–Crippen LogP) is 6.08. The van der Waals surface area contributed by atoms with Crippen LogP contribution in [0.15, 0.2) is 66.2 Å². The molecule has 0 amide bonds. The Morgan fingerprint density at radius 2 is 1.59 bits per heavy atom. The van der Waals surface area contributed by atoms with E-state index in [-0.39, 0.29) is 6.61 Å². The van der Waals surface area contributed by atoms with Crippen LogP contribution in [0.4, 0.5) is 0 Å². The van der Waals surface area contributed by atoms with E-state index in [4.69, 9.17) is 25.8 Å². The van der Waals surface area contributed by atoms with E-state index < -0.39 is 17.5 Å². The molecule has 0 radical (unpaired) electrons. The molecule has 32 heavy (non-hydrogen) atoms. The van der Waals surface area contributed by atoms with E-state index in [9.17, 15) is 9.59 Å². The molecule has 3 aromatic carbocycles. The van der Waals surface area contributed by atoms with Crippen molar-refractivity contribution < 1.29 is 23.8 Å². The van der Waals surface area contributed by atoms with Gasteiger partial charge in [-0.3, -0.25) is 0 Å². The largest absolute Gasteiger partial charge is 0.488 e. The number of ether oxygens (including phenoxy) is 3. The summed E-state index contributed by atoms with van der Waals surface area (Å²) in [6.07, 6.45) is 1.69. The third kappa shape index (κ3) is 5.89. The minimum Gasteiger partial charge on any atom is -0.488 e. The van der Waals surface area contributed by atoms with Crippen molar-refractivity contribution in [1.82, 2.24) is 0 Å². The Hall–Kier alpha value is -3.31. The first-order chi connectivity index (χ1) is 15.2. The number of benzene rings is 3. The SMILES string of the molecule is COC(=O)c1ccc(/C=C(\COc2ccc(Cl)c3ccccc23)C(=O)OC(C)(C)C)cc1. The maximum Gasteiger partial charge on any atom is 0.338 e. The molecule has 0 aliphatic rings. The molecule has 3 rings (SSSR count). The summed E-state index contributed by atoms with van der Waals surface area (Å²) in [5, 5.41) is 2.35. The summed E-state index contributed by atoms with van der Waals surface area (Å²) in [7, 11) is 1.33. The number of carbonyl (C=O) groups excluding carboxylic acids is 2. The lowest BCUT2D eigenvalue weighted by Crippen LogP contribution is -2.26. The molecule has 0 bridgehead atoms. The number of halogens is 1. The summed E-state index contributed by atoms with van der Waals surface area (Å²) in [5.41, 5.74) is 0.831. The highest BCUT2D eigenvalue weighted by molar-refractivity contribution is 6.35. The molecule has 3 aromatic rings. The van der Waals surface area contributed by atoms with Crippen molar-refractivity contribution in [2.24, 2.45) is 0 Å². The first kappa shape index (κ1) is 23.4. The van der Waals surface area contributed by atoms with E-state index in [1.807, 2.05) is 24.3 Å². The zero-order valence-corrected chi connectivity index (χ0v) is 19.2. The second kappa shape index (κ2) is 9.88. The van der Waals surface area contributed by atoms with E-state index in [1.165, 1.54) is 7.11 Å². The lowest BCUT2D eigenvalue weighted by atomic mass is 10.1. The highest BCUT2D eigenvalue weighted by Gasteiger charge is 2.21. The molecular weight excluding hydrogens is 428 g/mol. The second-order valence-electron chi connectivity index (χ2n) is 8.16. The second-order valence-corrected chi connectivity index (χ2v) is 8.57. The summed E-state index contributed by atoms with van der Waals surface area (Å²) < 4.78 is 16.3. The van der Waals surface area contributed by atoms with Gasteiger partial charge in [0.05, 0.1) is 18.2 Å². The van der Waals surface area contributed by atoms with Gasteiger partial charge < -0.3 is 14.2 Å². The smallest absolute Gasteiger partial charge is 0.338 e. The lowest BCUT2D eigenvalue weighted by molar-refractivity contribution is -0.150. The predicted molar refractivity (Wildman–Crippen MR) is 126 cm³/mol. The molecule has 0 unspecified atom stereocenters. The zero-order valence-electron chi connectivity index (χ0n) is 18.5. The minimum absolute atomic E-state index is 0.000701. The van der Waals surface area contributed by atoms with Gasteiger partial charge in [0.15, 0.2) is 0 Å². The lowest BCUT2D eigenvalue weighted by Gasteiger charge is -2.21. The van der Waals surface area contributed by atoms with E-state index in [1.54, 1.807) is 63.2 Å². The average Bonchev–Trinajstić information content (AvgIpc) is 2.76. The van der Waals surface area contributed by atoms with Crippen LogP contribution in [0.2, 0.25) is 5.02 Å². The monoisotopic (exact) mass is 452 g/mol. The maximum atomic E-state index is 12.9. The topological polar surface area (TPSA) is 61.8 Å². The summed E-state index contributed by atoms with van der Waals surface area (Å²) >= 11 is 6.29. The van der Waals surface area contributed by atoms with E-state index in [0.717, 1.165) is 16.3 Å². The van der Waals surface area contributed by atoms with Crippen LogP contribution < -0.4 is 4.74 Å². The summed E-state index contributed by atoms with van der Waals surface area (Å²) in [6, 6.07) is 17.9. The van der Waals surface area contributed by atoms with Gasteiger partial charge in [-0.25, -0.2) is 9.59 Å². The number of esters is 2. The summed E-state index contributed by atoms with van der Waals surface area (Å²) in [4.78, 5) is 24.5. The van der Waals surface area contributed by atoms with Gasteiger partial charge in [-0.1, -0.05) is 48.0 Å². The average molecular weight is 453 g/mol. The van der Waals surface area contributed by atoms with Crippen LogP contribution in [0.5, 0.6) is 5.75 Å². The van der Waals surface area contributed by atoms with Gasteiger partial charge in [0.2, 0.25) is 0 Å². The molecule has 0 fully saturated rings. The van der Waals surface area contributed by atoms with E-state index >= 15 is 0 Å². The van der Waals surface area contributed by atoms with Crippen molar-refractivity contribution in [3.05, 3.63) is 82.4 Å². The number of hydrogen-bond acceptors (Lipinski definition) is 5. The highest BCUT2D eigenvalue weighted by Crippen LogP contribution is 2.31. The quantitative estimate of drug-likeness (QED) is 0.335. The number of fused-ring (bicyclic) bond motifs is 1. The van der Waals surface area contributed by atoms with Crippen LogP contribution in [0.1, 0.15) is 36.7 Å². The molecule has 0 N–H and O–H groups in total. The van der Waals surface area contributed by atoms with E-state index in [0.29, 0.717) is 21.9 Å². The van der Waals surface area contributed by atoms with Crippen molar-refractivity contribution in [1.29, 1.82) is 0 Å². The van der Waals surface area contributed by atoms with Crippen LogP contribution in [-0.4, -0.2) is 31.3 Å². The first-order valence-corrected chi connectivity index (χ1v) is 10.5. The van der Waals surface area contributed by atoms with Crippen LogP contribution in [0.3, 0.4) is 0 Å². The Bertz CT molecular complexity index is 1160. The Morgan fingerprint density at radius 3 is 2.22 bits per heavy atom. The number of rotatable bonds is 6. The van der Waals surface area contributed by atoms with Crippen molar-refractivity contribution in [3.8, 4) is 5.75 Å². The fourth-order valence-corrected chi connectivity index (χ4v) is 3.28. The van der Waals surface area contributed by atoms with Crippen LogP contribution in [-0.2, 0) is 14.3 Å². The van der Waals surface area contributed by atoms with Crippen molar-refractivity contribution in [2.75, 3.05) is 13.7 Å². The molecule has 0 aliphatic heterocycles. The molecule has 6 heteroatoms. The number of carbonyl (C=O) groups is 2. The summed E-state index contributed by atoms with van der Waals surface area (Å²) in [6.45, 7) is 5.42. The summed E-state index contributed by atoms with van der Waals surface area (Å²) in [5.74, 6) is -0.292. The molecule has 0 atom stereocenters. The molecule has 0 heterocycles. The molecule has 0 aliphatic carbocycles. The Labute approximate surface area is 192 Å². The third-order valence-corrected chi connectivity index (χ3v) is 4.88. The van der Waals surface area contributed by atoms with Gasteiger partial charge in [-0.05, 0) is 56.7 Å². The Kier molecular flexibility index (Phi) is 7.21. The Morgan fingerprint density at radius 1 is 0.938 bits per heavy atom. The third-order valence-electron chi connectivity index (χ3n) is 4.55. The van der Waals surface area contributed by atoms with Crippen molar-refractivity contribution >= 4 is 40.4 Å². The van der Waals surface area contributed by atoms with Crippen LogP contribution in [0, 0.1) is 0 Å². The van der Waals surface area contributed by atoms with Crippen LogP contribution in [0.25, 0.3) is 16.8 Å². The van der Waals surface area contributed by atoms with Gasteiger partial charge in [0.25, 0.3) is 0 Å². The number of methoxy groups -OCH3 is 1. The molecule has 166 valence electrons. The zero-order chi connectivity index (χ0) is 23.3. The highest BCUT2D eigenvalue weighted by atomic mass is 35.5. The van der Waals surface area contributed by atoms with Gasteiger partial charge >= 0.3 is 11.9 Å². The van der Waals surface area contributed by atoms with Gasteiger partial charge in [0.1, 0.15) is 18.0 Å². The van der Waals surface area contributed by atoms with Crippen LogP contribution >= 0.6 is 11.6 Å². The van der Waals surface area contributed by atoms with Gasteiger partial charge in [0, 0.05) is 15.8 Å². The molecule has 0 aromatic heterocycles. The molecular formula is C26H25ClO5. The maximum absolute atomic E-state index is 12.9. The normalized spacial score (nSPS) is 11.8. The van der Waals surface area contributed by atoms with E-state index in [2.05, 4.69) is 0 Å².